The molecule has 0 saturated carbocycles. The summed E-state index contributed by atoms with van der Waals surface area (Å²) in [6.45, 7) is 13.6. The highest BCUT2D eigenvalue weighted by atomic mass is 28.3. The van der Waals surface area contributed by atoms with Gasteiger partial charge in [0.2, 0.25) is 5.82 Å². The number of hydrogen-bond acceptors (Lipinski definition) is 9. The van der Waals surface area contributed by atoms with Crippen molar-refractivity contribution in [2.45, 2.75) is 77.7 Å². The normalized spacial score (nSPS) is 15.2. The van der Waals surface area contributed by atoms with E-state index in [1.54, 1.807) is 43.7 Å². The van der Waals surface area contributed by atoms with E-state index in [1.165, 1.54) is 31.5 Å². The Labute approximate surface area is 276 Å². The van der Waals surface area contributed by atoms with Gasteiger partial charge in [0, 0.05) is 51.8 Å². The first-order chi connectivity index (χ1) is 22.1. The molecule has 0 radical (unpaired) electrons. The van der Waals surface area contributed by atoms with Gasteiger partial charge in [-0.1, -0.05) is 25.7 Å². The average molecular weight is 669 g/mol. The molecule has 254 valence electrons. The Morgan fingerprint density at radius 1 is 1.15 bits per heavy atom. The highest BCUT2D eigenvalue weighted by Gasteiger charge is 2.28. The molecule has 14 heteroatoms. The molecule has 4 rings (SSSR count). The molecule has 2 N–H and O–H groups in total. The quantitative estimate of drug-likeness (QED) is 0.145. The standard InChI is InChI=1S/C33H45FN6O6Si/c1-33(2,3)46-32(43)36-23-10-9-15-39(19-23)28-24(34)11-8-12-25(28)38-30(41)29-37-27(20-40(29)21-45-16-17-47(5,6)7)22-13-14-35-26(18-22)31(42)44-4/h8,11-14,18,20,23H,9-10,15-17,19,21H2,1-7H3,(H,36,43)(H,38,41)/t23-/m1/s1. The summed E-state index contributed by atoms with van der Waals surface area (Å²) in [6.07, 6.45) is 4.01. The van der Waals surface area contributed by atoms with Crippen LogP contribution in [0.5, 0.6) is 0 Å². The predicted octanol–water partition coefficient (Wildman–Crippen LogP) is 5.93. The molecule has 1 aliphatic heterocycles. The van der Waals surface area contributed by atoms with Gasteiger partial charge < -0.3 is 34.3 Å². The van der Waals surface area contributed by atoms with Crippen LogP contribution in [0.25, 0.3) is 11.3 Å². The van der Waals surface area contributed by atoms with Gasteiger partial charge in [0.15, 0.2) is 0 Å². The van der Waals surface area contributed by atoms with Crippen molar-refractivity contribution in [3.63, 3.8) is 0 Å². The number of imidazole rings is 1. The molecule has 3 heterocycles. The van der Waals surface area contributed by atoms with Gasteiger partial charge in [-0.2, -0.15) is 0 Å². The second-order valence-corrected chi connectivity index (χ2v) is 19.3. The minimum atomic E-state index is -1.35. The number of aromatic nitrogens is 3. The fourth-order valence-electron chi connectivity index (χ4n) is 5.07. The molecular formula is C33H45FN6O6Si. The largest absolute Gasteiger partial charge is 0.464 e. The van der Waals surface area contributed by atoms with Crippen LogP contribution in [0.15, 0.2) is 42.7 Å². The summed E-state index contributed by atoms with van der Waals surface area (Å²) in [5.74, 6) is -1.63. The maximum atomic E-state index is 15.5. The van der Waals surface area contributed by atoms with E-state index >= 15 is 4.39 Å². The third-order valence-electron chi connectivity index (χ3n) is 7.35. The van der Waals surface area contributed by atoms with E-state index in [0.29, 0.717) is 43.8 Å². The van der Waals surface area contributed by atoms with Gasteiger partial charge in [-0.3, -0.25) is 4.79 Å². The lowest BCUT2D eigenvalue weighted by atomic mass is 10.0. The third-order valence-corrected chi connectivity index (χ3v) is 9.05. The van der Waals surface area contributed by atoms with Crippen molar-refractivity contribution >= 4 is 37.4 Å². The summed E-state index contributed by atoms with van der Waals surface area (Å²) < 4.78 is 33.2. The van der Waals surface area contributed by atoms with Crippen molar-refractivity contribution in [2.75, 3.05) is 37.0 Å². The lowest BCUT2D eigenvalue weighted by Gasteiger charge is -2.36. The minimum Gasteiger partial charge on any atom is -0.464 e. The Balaban J connectivity index is 1.59. The van der Waals surface area contributed by atoms with Crippen molar-refractivity contribution in [2.24, 2.45) is 0 Å². The zero-order valence-corrected chi connectivity index (χ0v) is 29.2. The van der Waals surface area contributed by atoms with Crippen LogP contribution in [-0.4, -0.2) is 79.0 Å². The van der Waals surface area contributed by atoms with Crippen molar-refractivity contribution in [1.82, 2.24) is 19.9 Å². The molecule has 0 bridgehead atoms. The number of esters is 1. The first-order valence-corrected chi connectivity index (χ1v) is 19.4. The molecule has 12 nitrogen and oxygen atoms in total. The number of pyridine rings is 1. The minimum absolute atomic E-state index is 0.0442. The molecule has 2 amide bonds. The monoisotopic (exact) mass is 668 g/mol. The number of nitrogens with zero attached hydrogens (tertiary/aromatic N) is 4. The van der Waals surface area contributed by atoms with Crippen LogP contribution in [0.3, 0.4) is 0 Å². The summed E-state index contributed by atoms with van der Waals surface area (Å²) in [6, 6.07) is 8.37. The van der Waals surface area contributed by atoms with Gasteiger partial charge in [-0.05, 0) is 63.9 Å². The van der Waals surface area contributed by atoms with E-state index in [-0.39, 0.29) is 35.7 Å². The van der Waals surface area contributed by atoms with Crippen LogP contribution in [0, 0.1) is 5.82 Å². The number of hydrogen-bond donors (Lipinski definition) is 2. The van der Waals surface area contributed by atoms with E-state index in [4.69, 9.17) is 14.2 Å². The zero-order valence-electron chi connectivity index (χ0n) is 28.2. The number of para-hydroxylation sites is 1. The number of rotatable bonds is 11. The molecular weight excluding hydrogens is 623 g/mol. The zero-order chi connectivity index (χ0) is 34.4. The smallest absolute Gasteiger partial charge is 0.407 e. The van der Waals surface area contributed by atoms with Gasteiger partial charge in [-0.15, -0.1) is 0 Å². The van der Waals surface area contributed by atoms with E-state index in [9.17, 15) is 14.4 Å². The molecule has 47 heavy (non-hydrogen) atoms. The number of amides is 2. The van der Waals surface area contributed by atoms with Gasteiger partial charge in [0.05, 0.1) is 24.2 Å². The van der Waals surface area contributed by atoms with Crippen LogP contribution in [0.2, 0.25) is 25.7 Å². The van der Waals surface area contributed by atoms with Gasteiger partial charge in [0.25, 0.3) is 5.91 Å². The van der Waals surface area contributed by atoms with Crippen molar-refractivity contribution in [1.29, 1.82) is 0 Å². The highest BCUT2D eigenvalue weighted by Crippen LogP contribution is 2.32. The van der Waals surface area contributed by atoms with Crippen molar-refractivity contribution < 1.29 is 33.0 Å². The van der Waals surface area contributed by atoms with E-state index in [2.05, 4.69) is 40.2 Å². The van der Waals surface area contributed by atoms with E-state index in [1.807, 2.05) is 4.90 Å². The average Bonchev–Trinajstić information content (AvgIpc) is 3.42. The summed E-state index contributed by atoms with van der Waals surface area (Å²) in [4.78, 5) is 48.8. The number of carbonyl (C=O) groups is 3. The molecule has 1 aliphatic rings. The number of piperidine rings is 1. The number of alkyl carbamates (subject to hydrolysis) is 1. The number of ether oxygens (including phenoxy) is 3. The molecule has 1 fully saturated rings. The summed E-state index contributed by atoms with van der Waals surface area (Å²) in [7, 11) is -0.0818. The number of benzene rings is 1. The number of nitrogens with one attached hydrogen (secondary N) is 2. The summed E-state index contributed by atoms with van der Waals surface area (Å²) >= 11 is 0. The second-order valence-electron chi connectivity index (χ2n) is 13.7. The molecule has 1 saturated heterocycles. The SMILES string of the molecule is COC(=O)c1cc(-c2cn(COCC[Si](C)(C)C)c(C(=O)Nc3cccc(F)c3N3CCC[C@@H](NC(=O)OC(C)(C)C)C3)n2)ccn1. The number of methoxy groups -OCH3 is 1. The third kappa shape index (κ3) is 10.1. The van der Waals surface area contributed by atoms with Gasteiger partial charge >= 0.3 is 12.1 Å². The lowest BCUT2D eigenvalue weighted by Crippen LogP contribution is -2.49. The molecule has 0 unspecified atom stereocenters. The van der Waals surface area contributed by atoms with Crippen LogP contribution >= 0.6 is 0 Å². The Kier molecular flexibility index (Phi) is 11.4. The Bertz CT molecular complexity index is 1580. The maximum absolute atomic E-state index is 15.5. The first-order valence-electron chi connectivity index (χ1n) is 15.7. The van der Waals surface area contributed by atoms with Crippen LogP contribution in [0.1, 0.15) is 54.7 Å². The fourth-order valence-corrected chi connectivity index (χ4v) is 5.83. The van der Waals surface area contributed by atoms with E-state index < -0.39 is 37.5 Å². The van der Waals surface area contributed by atoms with Crippen LogP contribution < -0.4 is 15.5 Å². The topological polar surface area (TPSA) is 137 Å². The predicted molar refractivity (Wildman–Crippen MR) is 180 cm³/mol. The molecule has 0 spiro atoms. The Morgan fingerprint density at radius 2 is 1.91 bits per heavy atom. The Morgan fingerprint density at radius 3 is 2.62 bits per heavy atom. The van der Waals surface area contributed by atoms with Crippen molar-refractivity contribution in [3.05, 3.63) is 60.1 Å². The first kappa shape index (κ1) is 35.5. The second kappa shape index (κ2) is 15.1. The van der Waals surface area contributed by atoms with Crippen LogP contribution in [0.4, 0.5) is 20.6 Å². The van der Waals surface area contributed by atoms with Gasteiger partial charge in [0.1, 0.15) is 23.8 Å². The van der Waals surface area contributed by atoms with Gasteiger partial charge in [-0.25, -0.2) is 23.9 Å². The molecule has 3 aromatic rings. The van der Waals surface area contributed by atoms with E-state index in [0.717, 1.165) is 6.04 Å². The number of anilines is 2. The molecule has 2 aromatic heterocycles. The molecule has 1 aromatic carbocycles. The lowest BCUT2D eigenvalue weighted by molar-refractivity contribution is 0.0498. The highest BCUT2D eigenvalue weighted by molar-refractivity contribution is 6.76. The summed E-state index contributed by atoms with van der Waals surface area (Å²) in [5.41, 5.74) is 0.913. The number of halogens is 1. The molecule has 1 atom stereocenters. The fraction of sp³-hybridized carbons (Fsp3) is 0.485. The number of carbonyl (C=O) groups excluding carboxylic acids is 3. The van der Waals surface area contributed by atoms with Crippen molar-refractivity contribution in [3.8, 4) is 11.3 Å². The van der Waals surface area contributed by atoms with Crippen LogP contribution in [-0.2, 0) is 20.9 Å². The summed E-state index contributed by atoms with van der Waals surface area (Å²) in [5, 5.41) is 5.74. The Hall–Kier alpha value is -4.30. The molecule has 0 aliphatic carbocycles. The maximum Gasteiger partial charge on any atom is 0.407 e.